The van der Waals surface area contributed by atoms with E-state index in [2.05, 4.69) is 30.3 Å². The largest absolute Gasteiger partial charge is 0.396 e. The van der Waals surface area contributed by atoms with Crippen molar-refractivity contribution in [3.05, 3.63) is 35.9 Å². The van der Waals surface area contributed by atoms with E-state index in [1.54, 1.807) is 0 Å². The lowest BCUT2D eigenvalue weighted by atomic mass is 9.88. The summed E-state index contributed by atoms with van der Waals surface area (Å²) in [6, 6.07) is 10.8. The molecule has 1 N–H and O–H groups in total. The van der Waals surface area contributed by atoms with Crippen molar-refractivity contribution in [3.8, 4) is 0 Å². The molecular formula is C18H28O. The second-order valence-corrected chi connectivity index (χ2v) is 6.05. The molecule has 2 atom stereocenters. The van der Waals surface area contributed by atoms with Crippen molar-refractivity contribution in [2.24, 2.45) is 11.8 Å². The lowest BCUT2D eigenvalue weighted by Crippen LogP contribution is -2.09. The number of hydrogen-bond acceptors (Lipinski definition) is 1. The average Bonchev–Trinajstić information content (AvgIpc) is 2.88. The monoisotopic (exact) mass is 260 g/mol. The van der Waals surface area contributed by atoms with Crippen molar-refractivity contribution in [2.75, 3.05) is 6.61 Å². The molecule has 0 heterocycles. The minimum Gasteiger partial charge on any atom is -0.396 e. The van der Waals surface area contributed by atoms with Gasteiger partial charge in [-0.05, 0) is 36.7 Å². The fourth-order valence-electron chi connectivity index (χ4n) is 3.60. The van der Waals surface area contributed by atoms with Crippen molar-refractivity contribution in [3.63, 3.8) is 0 Å². The summed E-state index contributed by atoms with van der Waals surface area (Å²) in [7, 11) is 0. The molecule has 106 valence electrons. The van der Waals surface area contributed by atoms with Gasteiger partial charge in [-0.15, -0.1) is 0 Å². The Hall–Kier alpha value is -0.820. The molecule has 0 amide bonds. The summed E-state index contributed by atoms with van der Waals surface area (Å²) in [6.07, 6.45) is 11.9. The SMILES string of the molecule is OCC[C@H]1CCCC1CCCCCc1ccccc1. The van der Waals surface area contributed by atoms with E-state index >= 15 is 0 Å². The van der Waals surface area contributed by atoms with Gasteiger partial charge in [0.05, 0.1) is 0 Å². The molecule has 0 radical (unpaired) electrons. The van der Waals surface area contributed by atoms with Crippen LogP contribution >= 0.6 is 0 Å². The molecule has 0 saturated heterocycles. The molecule has 1 nitrogen and oxygen atoms in total. The molecule has 0 bridgehead atoms. The molecule has 0 spiro atoms. The highest BCUT2D eigenvalue weighted by Crippen LogP contribution is 2.37. The van der Waals surface area contributed by atoms with Crippen LogP contribution in [0.4, 0.5) is 0 Å². The molecule has 1 saturated carbocycles. The van der Waals surface area contributed by atoms with E-state index in [-0.39, 0.29) is 0 Å². The second-order valence-electron chi connectivity index (χ2n) is 6.05. The van der Waals surface area contributed by atoms with Crippen LogP contribution < -0.4 is 0 Å². The summed E-state index contributed by atoms with van der Waals surface area (Å²) in [4.78, 5) is 0. The van der Waals surface area contributed by atoms with Crippen molar-refractivity contribution < 1.29 is 5.11 Å². The van der Waals surface area contributed by atoms with Crippen molar-refractivity contribution in [2.45, 2.75) is 57.8 Å². The quantitative estimate of drug-likeness (QED) is 0.678. The van der Waals surface area contributed by atoms with Crippen LogP contribution in [0.2, 0.25) is 0 Å². The molecule has 19 heavy (non-hydrogen) atoms. The van der Waals surface area contributed by atoms with Crippen LogP contribution in [-0.2, 0) is 6.42 Å². The third-order valence-electron chi connectivity index (χ3n) is 4.70. The Morgan fingerprint density at radius 3 is 2.37 bits per heavy atom. The van der Waals surface area contributed by atoms with Crippen molar-refractivity contribution in [1.82, 2.24) is 0 Å². The van der Waals surface area contributed by atoms with Crippen LogP contribution in [0, 0.1) is 11.8 Å². The van der Waals surface area contributed by atoms with Gasteiger partial charge in [0, 0.05) is 6.61 Å². The summed E-state index contributed by atoms with van der Waals surface area (Å²) in [5, 5.41) is 9.08. The number of aryl methyl sites for hydroxylation is 1. The van der Waals surface area contributed by atoms with E-state index in [0.29, 0.717) is 6.61 Å². The molecule has 1 heteroatoms. The van der Waals surface area contributed by atoms with E-state index in [1.165, 1.54) is 56.9 Å². The number of rotatable bonds is 8. The van der Waals surface area contributed by atoms with Gasteiger partial charge in [0.25, 0.3) is 0 Å². The minimum atomic E-state index is 0.384. The predicted octanol–water partition coefficient (Wildman–Crippen LogP) is 4.59. The van der Waals surface area contributed by atoms with E-state index in [1.807, 2.05) is 0 Å². The first-order valence-corrected chi connectivity index (χ1v) is 8.05. The van der Waals surface area contributed by atoms with Crippen LogP contribution in [0.1, 0.15) is 56.9 Å². The van der Waals surface area contributed by atoms with Crippen LogP contribution in [0.25, 0.3) is 0 Å². The Bertz CT molecular complexity index is 333. The third kappa shape index (κ3) is 4.99. The summed E-state index contributed by atoms with van der Waals surface area (Å²) < 4.78 is 0. The van der Waals surface area contributed by atoms with Gasteiger partial charge in [0.2, 0.25) is 0 Å². The first-order valence-electron chi connectivity index (χ1n) is 8.05. The molecule has 1 unspecified atom stereocenters. The molecule has 0 aromatic heterocycles. The number of benzene rings is 1. The highest BCUT2D eigenvalue weighted by atomic mass is 16.3. The van der Waals surface area contributed by atoms with Crippen LogP contribution in [0.3, 0.4) is 0 Å². The zero-order valence-electron chi connectivity index (χ0n) is 12.1. The number of hydrogen-bond donors (Lipinski definition) is 1. The van der Waals surface area contributed by atoms with E-state index in [9.17, 15) is 0 Å². The molecular weight excluding hydrogens is 232 g/mol. The number of unbranched alkanes of at least 4 members (excludes halogenated alkanes) is 2. The topological polar surface area (TPSA) is 20.2 Å². The predicted molar refractivity (Wildman–Crippen MR) is 81.1 cm³/mol. The van der Waals surface area contributed by atoms with Gasteiger partial charge < -0.3 is 5.11 Å². The molecule has 1 aromatic rings. The molecule has 1 fully saturated rings. The Morgan fingerprint density at radius 1 is 0.895 bits per heavy atom. The first-order chi connectivity index (χ1) is 9.40. The van der Waals surface area contributed by atoms with Crippen LogP contribution in [0.5, 0.6) is 0 Å². The maximum Gasteiger partial charge on any atom is 0.0433 e. The van der Waals surface area contributed by atoms with Crippen molar-refractivity contribution in [1.29, 1.82) is 0 Å². The highest BCUT2D eigenvalue weighted by Gasteiger charge is 2.25. The van der Waals surface area contributed by atoms with Gasteiger partial charge >= 0.3 is 0 Å². The van der Waals surface area contributed by atoms with Crippen LogP contribution in [0.15, 0.2) is 30.3 Å². The summed E-state index contributed by atoms with van der Waals surface area (Å²) in [6.45, 7) is 0.384. The summed E-state index contributed by atoms with van der Waals surface area (Å²) in [5.74, 6) is 1.72. The highest BCUT2D eigenvalue weighted by molar-refractivity contribution is 5.14. The Kier molecular flexibility index (Phi) is 6.43. The van der Waals surface area contributed by atoms with Gasteiger partial charge in [0.15, 0.2) is 0 Å². The molecule has 1 aromatic carbocycles. The maximum atomic E-state index is 9.08. The molecule has 1 aliphatic rings. The number of aliphatic hydroxyl groups excluding tert-OH is 1. The van der Waals surface area contributed by atoms with Crippen molar-refractivity contribution >= 4 is 0 Å². The maximum absolute atomic E-state index is 9.08. The Balaban J connectivity index is 1.56. The average molecular weight is 260 g/mol. The van der Waals surface area contributed by atoms with Gasteiger partial charge in [-0.3, -0.25) is 0 Å². The lowest BCUT2D eigenvalue weighted by Gasteiger charge is -2.18. The minimum absolute atomic E-state index is 0.384. The normalized spacial score (nSPS) is 22.8. The van der Waals surface area contributed by atoms with E-state index < -0.39 is 0 Å². The molecule has 2 rings (SSSR count). The van der Waals surface area contributed by atoms with Gasteiger partial charge in [0.1, 0.15) is 0 Å². The summed E-state index contributed by atoms with van der Waals surface area (Å²) in [5.41, 5.74) is 1.47. The van der Waals surface area contributed by atoms with Crippen LogP contribution in [-0.4, -0.2) is 11.7 Å². The van der Waals surface area contributed by atoms with E-state index in [4.69, 9.17) is 5.11 Å². The zero-order chi connectivity index (χ0) is 13.3. The smallest absolute Gasteiger partial charge is 0.0433 e. The fraction of sp³-hybridized carbons (Fsp3) is 0.667. The molecule has 1 aliphatic carbocycles. The standard InChI is InChI=1S/C18H28O/c19-15-14-18-13-7-12-17(18)11-6-2-5-10-16-8-3-1-4-9-16/h1,3-4,8-9,17-19H,2,5-7,10-15H2/t17?,18-/m1/s1. The number of aliphatic hydroxyl groups is 1. The Morgan fingerprint density at radius 2 is 1.63 bits per heavy atom. The van der Waals surface area contributed by atoms with E-state index in [0.717, 1.165) is 18.3 Å². The Labute approximate surface area is 118 Å². The van der Waals surface area contributed by atoms with Gasteiger partial charge in [-0.2, -0.15) is 0 Å². The lowest BCUT2D eigenvalue weighted by molar-refractivity contribution is 0.228. The zero-order valence-corrected chi connectivity index (χ0v) is 12.1. The summed E-state index contributed by atoms with van der Waals surface area (Å²) >= 11 is 0. The van der Waals surface area contributed by atoms with Gasteiger partial charge in [-0.25, -0.2) is 0 Å². The molecule has 0 aliphatic heterocycles. The third-order valence-corrected chi connectivity index (χ3v) is 4.70. The fourth-order valence-corrected chi connectivity index (χ4v) is 3.60. The first kappa shape index (κ1) is 14.6. The second kappa shape index (κ2) is 8.37. The van der Waals surface area contributed by atoms with Gasteiger partial charge in [-0.1, -0.05) is 68.9 Å².